The molecule has 8 nitrogen and oxygen atoms in total. The molecule has 1 aliphatic carbocycles. The average Bonchev–Trinajstić information content (AvgIpc) is 2.97. The third-order valence-corrected chi connectivity index (χ3v) is 3.42. The minimum Gasteiger partial charge on any atom is -0.571 e. The number of nitrogens with zero attached hydrogens (tertiary/aromatic N) is 5. The summed E-state index contributed by atoms with van der Waals surface area (Å²) >= 11 is 0. The molecule has 2 heterocycles. The highest BCUT2D eigenvalue weighted by Crippen LogP contribution is 2.23. The smallest absolute Gasteiger partial charge is 0.227 e. The molecule has 20 heavy (non-hydrogen) atoms. The van der Waals surface area contributed by atoms with Crippen LogP contribution in [0.15, 0.2) is 35.0 Å². The number of hydrogen-bond acceptors (Lipinski definition) is 5. The Balaban J connectivity index is 1.88. The van der Waals surface area contributed by atoms with E-state index in [0.717, 1.165) is 11.4 Å². The molecule has 1 aliphatic rings. The number of fused-ring (bicyclic) bond motifs is 2. The Morgan fingerprint density at radius 3 is 2.70 bits per heavy atom. The standard InChI is InChI=1S/C12H9N5O3/c18-16-12-6-9-11(7-10(12)14-20-16)15(17(19)13-9)8-4-2-1-3-5-8/h1-5H,6-7H2. The fourth-order valence-corrected chi connectivity index (χ4v) is 2.48. The second-order valence-electron chi connectivity index (χ2n) is 4.57. The van der Waals surface area contributed by atoms with Gasteiger partial charge in [0.05, 0.1) is 12.8 Å². The third kappa shape index (κ3) is 1.41. The van der Waals surface area contributed by atoms with Crippen LogP contribution in [0.4, 0.5) is 0 Å². The van der Waals surface area contributed by atoms with Crippen molar-refractivity contribution in [2.75, 3.05) is 0 Å². The number of rotatable bonds is 1. The number of benzene rings is 1. The van der Waals surface area contributed by atoms with Gasteiger partial charge in [-0.25, -0.2) is 0 Å². The second kappa shape index (κ2) is 3.80. The van der Waals surface area contributed by atoms with E-state index in [1.807, 2.05) is 30.3 Å². The van der Waals surface area contributed by atoms with Crippen molar-refractivity contribution >= 4 is 0 Å². The lowest BCUT2D eigenvalue weighted by molar-refractivity contribution is -0.807. The van der Waals surface area contributed by atoms with Gasteiger partial charge in [0.25, 0.3) is 0 Å². The molecule has 0 atom stereocenters. The first-order chi connectivity index (χ1) is 9.74. The van der Waals surface area contributed by atoms with Crippen LogP contribution in [0.2, 0.25) is 0 Å². The van der Waals surface area contributed by atoms with Gasteiger partial charge in [0, 0.05) is 15.2 Å². The quantitative estimate of drug-likeness (QED) is 0.347. The highest BCUT2D eigenvalue weighted by atomic mass is 16.8. The van der Waals surface area contributed by atoms with E-state index in [-0.39, 0.29) is 6.42 Å². The zero-order valence-electron chi connectivity index (χ0n) is 10.3. The Morgan fingerprint density at radius 2 is 1.90 bits per heavy atom. The lowest BCUT2D eigenvalue weighted by Crippen LogP contribution is -2.39. The third-order valence-electron chi connectivity index (χ3n) is 3.42. The molecule has 8 heteroatoms. The summed E-state index contributed by atoms with van der Waals surface area (Å²) in [5.41, 5.74) is 2.98. The molecule has 0 radical (unpaired) electrons. The zero-order valence-corrected chi connectivity index (χ0v) is 10.3. The van der Waals surface area contributed by atoms with Crippen LogP contribution < -0.4 is 9.86 Å². The molecule has 0 bridgehead atoms. The molecule has 2 aromatic heterocycles. The Labute approximate surface area is 112 Å². The summed E-state index contributed by atoms with van der Waals surface area (Å²) in [6.07, 6.45) is 0.598. The van der Waals surface area contributed by atoms with Crippen LogP contribution >= 0.6 is 0 Å². The van der Waals surface area contributed by atoms with Gasteiger partial charge in [-0.05, 0) is 17.0 Å². The minimum atomic E-state index is 0.250. The van der Waals surface area contributed by atoms with E-state index >= 15 is 0 Å². The van der Waals surface area contributed by atoms with Crippen molar-refractivity contribution in [1.82, 2.24) is 14.9 Å². The molecule has 4 rings (SSSR count). The van der Waals surface area contributed by atoms with Crippen molar-refractivity contribution in [3.63, 3.8) is 0 Å². The van der Waals surface area contributed by atoms with Gasteiger partial charge in [-0.3, -0.25) is 4.63 Å². The van der Waals surface area contributed by atoms with Crippen molar-refractivity contribution in [2.45, 2.75) is 12.8 Å². The van der Waals surface area contributed by atoms with Crippen LogP contribution in [-0.4, -0.2) is 14.9 Å². The normalized spacial score (nSPS) is 13.0. The predicted octanol–water partition coefficient (Wildman–Crippen LogP) is -0.378. The Hall–Kier alpha value is -2.90. The van der Waals surface area contributed by atoms with Gasteiger partial charge in [-0.15, -0.1) is 0 Å². The Kier molecular flexibility index (Phi) is 2.08. The Bertz CT molecular complexity index is 793. The monoisotopic (exact) mass is 271 g/mol. The van der Waals surface area contributed by atoms with Gasteiger partial charge in [0.1, 0.15) is 17.1 Å². The van der Waals surface area contributed by atoms with Crippen LogP contribution in [0.25, 0.3) is 5.69 Å². The fraction of sp³-hybridized carbons (Fsp3) is 0.167. The summed E-state index contributed by atoms with van der Waals surface area (Å²) < 4.78 is 6.06. The van der Waals surface area contributed by atoms with Crippen molar-refractivity contribution in [3.05, 3.63) is 63.5 Å². The van der Waals surface area contributed by atoms with Crippen molar-refractivity contribution in [3.8, 4) is 5.69 Å². The number of aromatic nitrogens is 5. The van der Waals surface area contributed by atoms with Gasteiger partial charge in [0.15, 0.2) is 0 Å². The van der Waals surface area contributed by atoms with Gasteiger partial charge in [-0.1, -0.05) is 22.9 Å². The number of hydrogen-bond donors (Lipinski definition) is 0. The van der Waals surface area contributed by atoms with E-state index in [1.165, 1.54) is 4.68 Å². The molecule has 0 unspecified atom stereocenters. The summed E-state index contributed by atoms with van der Waals surface area (Å²) in [6.45, 7) is 0. The average molecular weight is 271 g/mol. The molecule has 0 fully saturated rings. The summed E-state index contributed by atoms with van der Waals surface area (Å²) in [7, 11) is 0. The maximum atomic E-state index is 12.0. The summed E-state index contributed by atoms with van der Waals surface area (Å²) in [4.78, 5) is 0.910. The molecule has 3 aromatic rings. The highest BCUT2D eigenvalue weighted by molar-refractivity contribution is 5.36. The van der Waals surface area contributed by atoms with Crippen molar-refractivity contribution in [2.24, 2.45) is 0 Å². The van der Waals surface area contributed by atoms with Crippen molar-refractivity contribution < 1.29 is 14.5 Å². The first kappa shape index (κ1) is 11.0. The predicted molar refractivity (Wildman–Crippen MR) is 63.6 cm³/mol. The lowest BCUT2D eigenvalue weighted by atomic mass is 10.0. The molecule has 0 N–H and O–H groups in total. The van der Waals surface area contributed by atoms with Gasteiger partial charge < -0.3 is 10.4 Å². The van der Waals surface area contributed by atoms with E-state index in [0.29, 0.717) is 33.4 Å². The summed E-state index contributed by atoms with van der Waals surface area (Å²) in [5, 5.41) is 31.1. The van der Waals surface area contributed by atoms with E-state index < -0.39 is 0 Å². The summed E-state index contributed by atoms with van der Waals surface area (Å²) in [5.74, 6) is 0. The molecular weight excluding hydrogens is 262 g/mol. The fourth-order valence-electron chi connectivity index (χ4n) is 2.48. The van der Waals surface area contributed by atoms with Crippen LogP contribution in [0, 0.1) is 10.4 Å². The maximum absolute atomic E-state index is 12.0. The molecule has 0 aliphatic heterocycles. The molecule has 0 amide bonds. The molecule has 0 spiro atoms. The molecule has 1 aromatic carbocycles. The van der Waals surface area contributed by atoms with Crippen molar-refractivity contribution in [1.29, 1.82) is 0 Å². The zero-order chi connectivity index (χ0) is 13.7. The topological polar surface area (TPSA) is 97.7 Å². The summed E-state index contributed by atoms with van der Waals surface area (Å²) in [6, 6.07) is 9.21. The van der Waals surface area contributed by atoms with Gasteiger partial charge in [0.2, 0.25) is 11.4 Å². The molecular formula is C12H9N5O3. The SMILES string of the molecule is [O-][n+]1onc2c1Cc1n[n+]([O-])n(-c3ccccc3)c1C2. The van der Waals surface area contributed by atoms with E-state index in [2.05, 4.69) is 14.9 Å². The minimum absolute atomic E-state index is 0.250. The van der Waals surface area contributed by atoms with E-state index in [1.54, 1.807) is 0 Å². The van der Waals surface area contributed by atoms with Gasteiger partial charge >= 0.3 is 0 Å². The lowest BCUT2D eigenvalue weighted by Gasteiger charge is -2.06. The van der Waals surface area contributed by atoms with Crippen LogP contribution in [0.5, 0.6) is 0 Å². The first-order valence-electron chi connectivity index (χ1n) is 6.07. The molecule has 0 saturated carbocycles. The second-order valence-corrected chi connectivity index (χ2v) is 4.57. The number of para-hydroxylation sites is 1. The Morgan fingerprint density at radius 1 is 1.10 bits per heavy atom. The van der Waals surface area contributed by atoms with E-state index in [4.69, 9.17) is 0 Å². The van der Waals surface area contributed by atoms with Crippen LogP contribution in [0.1, 0.15) is 22.8 Å². The largest absolute Gasteiger partial charge is 0.571 e. The highest BCUT2D eigenvalue weighted by Gasteiger charge is 2.34. The van der Waals surface area contributed by atoms with Gasteiger partial charge in [-0.2, -0.15) is 0 Å². The first-order valence-corrected chi connectivity index (χ1v) is 6.07. The maximum Gasteiger partial charge on any atom is 0.227 e. The molecule has 100 valence electrons. The van der Waals surface area contributed by atoms with Crippen LogP contribution in [0.3, 0.4) is 0 Å². The molecule has 0 saturated heterocycles. The van der Waals surface area contributed by atoms with Crippen LogP contribution in [-0.2, 0) is 12.8 Å². The van der Waals surface area contributed by atoms with E-state index in [9.17, 15) is 10.4 Å².